The van der Waals surface area contributed by atoms with Crippen LogP contribution in [0.15, 0.2) is 220 Å². The zero-order valence-corrected chi connectivity index (χ0v) is 88.7. The largest absolute Gasteiger partial charge is 0.460 e. The normalized spacial score (nSPS) is 13.5. The average molecular weight is 2080 g/mol. The lowest BCUT2D eigenvalue weighted by atomic mass is 9.96. The maximum atomic E-state index is 14.4. The maximum Gasteiger partial charge on any atom is 0.316 e. The molecular formula is C106H123FN30O7S4. The van der Waals surface area contributed by atoms with Gasteiger partial charge >= 0.3 is 18.0 Å². The molecule has 4 atom stereocenters. The van der Waals surface area contributed by atoms with Crippen molar-refractivity contribution in [2.24, 2.45) is 7.05 Å². The number of likely N-dealkylation sites (tertiary alicyclic amines) is 2. The number of carbonyl (C=O) groups excluding carboxylic acids is 3. The number of nitrogens with zero attached hydrogens (tertiary/aromatic N) is 22. The highest BCUT2D eigenvalue weighted by Gasteiger charge is 2.27. The smallest absolute Gasteiger partial charge is 0.316 e. The van der Waals surface area contributed by atoms with Gasteiger partial charge in [-0.3, -0.25) is 53.9 Å². The molecule has 770 valence electrons. The van der Waals surface area contributed by atoms with Crippen molar-refractivity contribution in [1.29, 1.82) is 0 Å². The van der Waals surface area contributed by atoms with Crippen molar-refractivity contribution in [1.82, 2.24) is 130 Å². The van der Waals surface area contributed by atoms with Gasteiger partial charge in [-0.05, 0) is 114 Å². The van der Waals surface area contributed by atoms with Crippen molar-refractivity contribution >= 4 is 149 Å². The number of para-hydroxylation sites is 4. The third kappa shape index (κ3) is 27.7. The fourth-order valence-corrected chi connectivity index (χ4v) is 17.1. The summed E-state index contributed by atoms with van der Waals surface area (Å²) >= 11 is 0. The molecule has 4 aromatic carbocycles. The van der Waals surface area contributed by atoms with E-state index in [4.69, 9.17) is 14.2 Å². The fourth-order valence-electron chi connectivity index (χ4n) is 17.1. The number of halogens is 1. The number of aromatic amines is 1. The summed E-state index contributed by atoms with van der Waals surface area (Å²) < 4.78 is 33.7. The number of fused-ring (bicyclic) bond motifs is 6. The quantitative estimate of drug-likeness (QED) is 0.0226. The number of pyridine rings is 5. The molecule has 3 amide bonds. The standard InChI is InChI=1S/C28H31FN8O2.C28H32N8O2.C26H29N7O2.C24H23N7O.4H2S/c1-17(20-5-4-6-21-25(27(38)30-2)22(29)15-32-26(20)21)12-31-24-11-23(35-16-36-24)18-13-33-28(34-14-18)39-19-7-9-37(3)10-8-19;1-18(21-5-4-6-22-23(27(37)29-2)7-10-30-26(21)22)14-31-25-13-24(34-17-35-25)19-15-32-28(33-16-19)38-20-8-11-36(3)12-9-20;1-16(18-7-6-8-19-20(24(34)27-5)9-10-28-23(18)19)12-29-22-11-21(32-15-33-22)17-13-30-25(31-14-17)35-26(2,3)4;1-14(10-26-21-9-19(28-13-29-21)16-8-7-15(2)25-11-16)17-5-4-6-18-22-20(12-27-23(17)18)31(3)30-24(22)32;;;;/h4-6,11,13-17,19H,7-10,12H2,1-3H3,(H,30,38)(H,31,35,36);4-7,10,13,15-18,20H,8-9,11-12,14H2,1-3H3,(H,29,37)(H,31,34,35);6-11,13-16H,12H2,1-5H3,(H,27,34)(H,29,32,33);4-9,11-14H,10H2,1-3H3,(H,30,32)(H,26,28,29);4*1H2/t17-;18-;16-;14-;;;;/m1111..../s1. The van der Waals surface area contributed by atoms with E-state index in [1.54, 1.807) is 99.1 Å². The number of benzene rings is 4. The van der Waals surface area contributed by atoms with Crippen molar-refractivity contribution in [3.05, 3.63) is 276 Å². The molecule has 8 N–H and O–H groups in total. The molecule has 13 aromatic heterocycles. The third-order valence-electron chi connectivity index (χ3n) is 25.1. The van der Waals surface area contributed by atoms with Crippen LogP contribution >= 0.6 is 54.0 Å². The summed E-state index contributed by atoms with van der Waals surface area (Å²) in [5, 5.41) is 27.9. The average Bonchev–Trinajstić information content (AvgIpc) is 1.59. The highest BCUT2D eigenvalue weighted by molar-refractivity contribution is 7.59. The molecule has 15 heterocycles. The van der Waals surface area contributed by atoms with E-state index in [0.29, 0.717) is 100 Å². The number of hydrogen-bond donors (Lipinski definition) is 8. The minimum Gasteiger partial charge on any atom is -0.460 e. The Hall–Kier alpha value is -15.2. The Bertz CT molecular complexity index is 7460. The number of H-pyrrole nitrogens is 1. The van der Waals surface area contributed by atoms with Crippen molar-refractivity contribution in [3.8, 4) is 63.1 Å². The van der Waals surface area contributed by atoms with Crippen LogP contribution in [0.25, 0.3) is 99.5 Å². The molecular weight excluding hydrogens is 1950 g/mol. The first-order chi connectivity index (χ1) is 69.7. The second-order valence-corrected chi connectivity index (χ2v) is 36.6. The molecule has 0 spiro atoms. The lowest BCUT2D eigenvalue weighted by molar-refractivity contribution is 0.0953. The van der Waals surface area contributed by atoms with Crippen LogP contribution in [-0.2, 0) is 7.05 Å². The molecule has 0 saturated carbocycles. The number of hydrogen-bond acceptors (Lipinski definition) is 32. The summed E-state index contributed by atoms with van der Waals surface area (Å²) in [5.74, 6) is 1.75. The molecule has 0 unspecified atom stereocenters. The van der Waals surface area contributed by atoms with Crippen LogP contribution in [0.4, 0.5) is 27.7 Å². The molecule has 2 saturated heterocycles. The summed E-state index contributed by atoms with van der Waals surface area (Å²) in [5.41, 5.74) is 15.9. The molecule has 2 aliphatic heterocycles. The number of nitrogens with one attached hydrogen (secondary N) is 8. The summed E-state index contributed by atoms with van der Waals surface area (Å²) in [6.07, 6.45) is 28.5. The van der Waals surface area contributed by atoms with Gasteiger partial charge in [-0.25, -0.2) is 74.2 Å². The Morgan fingerprint density at radius 1 is 0.405 bits per heavy atom. The lowest BCUT2D eigenvalue weighted by Gasteiger charge is -2.28. The molecule has 37 nitrogen and oxygen atoms in total. The first kappa shape index (κ1) is 112. The van der Waals surface area contributed by atoms with Crippen molar-refractivity contribution in [2.45, 2.75) is 123 Å². The van der Waals surface area contributed by atoms with E-state index in [0.717, 1.165) is 164 Å². The van der Waals surface area contributed by atoms with Crippen LogP contribution in [-0.4, -0.2) is 237 Å². The second kappa shape index (κ2) is 51.7. The van der Waals surface area contributed by atoms with Gasteiger partial charge in [0.1, 0.15) is 66.4 Å². The Balaban J connectivity index is 0.000000174. The van der Waals surface area contributed by atoms with Crippen LogP contribution in [0, 0.1) is 12.7 Å². The van der Waals surface area contributed by atoms with Gasteiger partial charge in [-0.1, -0.05) is 100 Å². The zero-order chi connectivity index (χ0) is 101. The summed E-state index contributed by atoms with van der Waals surface area (Å²) in [6.45, 7) is 22.7. The number of amides is 3. The van der Waals surface area contributed by atoms with Crippen molar-refractivity contribution in [3.63, 3.8) is 0 Å². The number of carbonyl (C=O) groups is 3. The second-order valence-electron chi connectivity index (χ2n) is 36.6. The molecule has 0 aliphatic carbocycles. The number of ether oxygens (including phenoxy) is 3. The van der Waals surface area contributed by atoms with Gasteiger partial charge in [-0.2, -0.15) is 54.0 Å². The molecule has 19 rings (SSSR count). The van der Waals surface area contributed by atoms with E-state index in [2.05, 4.69) is 188 Å². The predicted octanol–water partition coefficient (Wildman–Crippen LogP) is 15.7. The van der Waals surface area contributed by atoms with Crippen LogP contribution in [0.3, 0.4) is 0 Å². The van der Waals surface area contributed by atoms with Gasteiger partial charge in [0.25, 0.3) is 23.3 Å². The van der Waals surface area contributed by atoms with Gasteiger partial charge in [0.05, 0.1) is 84.8 Å². The zero-order valence-electron chi connectivity index (χ0n) is 84.7. The Morgan fingerprint density at radius 3 is 1.12 bits per heavy atom. The number of rotatable bonds is 28. The van der Waals surface area contributed by atoms with E-state index < -0.39 is 11.7 Å². The summed E-state index contributed by atoms with van der Waals surface area (Å²) in [6, 6.07) is 39.4. The topological polar surface area (TPSA) is 452 Å². The Labute approximate surface area is 884 Å². The number of aromatic nitrogens is 21. The van der Waals surface area contributed by atoms with Gasteiger partial charge in [0.15, 0.2) is 5.82 Å². The first-order valence-electron chi connectivity index (χ1n) is 47.7. The third-order valence-corrected chi connectivity index (χ3v) is 25.1. The number of piperidine rings is 2. The maximum absolute atomic E-state index is 14.4. The van der Waals surface area contributed by atoms with Crippen LogP contribution in [0.2, 0.25) is 0 Å². The van der Waals surface area contributed by atoms with Crippen molar-refractivity contribution in [2.75, 3.05) is 109 Å². The lowest BCUT2D eigenvalue weighted by Crippen LogP contribution is -2.35. The molecule has 148 heavy (non-hydrogen) atoms. The van der Waals surface area contributed by atoms with Crippen molar-refractivity contribution < 1.29 is 33.0 Å². The first-order valence-corrected chi connectivity index (χ1v) is 47.7. The highest BCUT2D eigenvalue weighted by Crippen LogP contribution is 2.35. The molecule has 2 fully saturated rings. The number of aryl methyl sites for hydroxylation is 2. The van der Waals surface area contributed by atoms with Crippen LogP contribution in [0.5, 0.6) is 18.0 Å². The molecule has 17 aromatic rings. The monoisotopic (exact) mass is 2070 g/mol. The highest BCUT2D eigenvalue weighted by atomic mass is 32.1. The Kier molecular flexibility index (Phi) is 39.0. The van der Waals surface area contributed by atoms with E-state index in [1.165, 1.54) is 26.0 Å². The van der Waals surface area contributed by atoms with E-state index >= 15 is 0 Å². The van der Waals surface area contributed by atoms with Crippen LogP contribution in [0.1, 0.15) is 157 Å². The minimum atomic E-state index is -0.649. The summed E-state index contributed by atoms with van der Waals surface area (Å²) in [4.78, 5) is 137. The molecule has 42 heteroatoms. The molecule has 0 radical (unpaired) electrons. The Morgan fingerprint density at radius 2 is 0.750 bits per heavy atom. The molecule has 0 bridgehead atoms. The van der Waals surface area contributed by atoms with E-state index in [9.17, 15) is 23.6 Å². The van der Waals surface area contributed by atoms with Gasteiger partial charge in [0.2, 0.25) is 0 Å². The summed E-state index contributed by atoms with van der Waals surface area (Å²) in [7, 11) is 10.8. The SMILES string of the molecule is CNC(=O)c1c(F)cnc2c([C@H](C)CNc3cc(-c4cnc(OC5CCN(C)CC5)nc4)ncn3)cccc12.CNC(=O)c1ccnc2c([C@H](C)CNc3cc(-c4cnc(OC(C)(C)C)nc4)ncn3)cccc12.CNC(=O)c1ccnc2c([C@H](C)CNc3cc(-c4cnc(OC5CCN(C)CC5)nc4)ncn3)cccc12.Cc1ccc(-c2cc(NC[C@@H](C)c3cccc4c3ncc3c4c(=O)[nH]n3C)ncn2)cn1.S.S.S.S. The minimum absolute atomic E-state index is 0. The number of anilines is 4. The van der Waals surface area contributed by atoms with Gasteiger partial charge in [-0.15, -0.1) is 0 Å². The van der Waals surface area contributed by atoms with E-state index in [1.807, 2.05) is 145 Å². The fraction of sp³-hybridized carbons (Fsp3) is 0.311. The van der Waals surface area contributed by atoms with E-state index in [-0.39, 0.29) is 118 Å². The van der Waals surface area contributed by atoms with Gasteiger partial charge in [0, 0.05) is 234 Å². The van der Waals surface area contributed by atoms with Gasteiger partial charge < -0.3 is 61.2 Å². The predicted molar refractivity (Wildman–Crippen MR) is 595 cm³/mol. The van der Waals surface area contributed by atoms with Crippen LogP contribution < -0.4 is 57.0 Å². The molecule has 2 aliphatic rings.